The minimum atomic E-state index is -0.465. The molecule has 0 saturated heterocycles. The molecule has 0 bridgehead atoms. The molecule has 2 unspecified atom stereocenters. The summed E-state index contributed by atoms with van der Waals surface area (Å²) in [5, 5.41) is 12.7. The molecular formula is C14H29N3O. The Balaban J connectivity index is 4.25. The number of nitrogens with one attached hydrogen (secondary N) is 1. The van der Waals surface area contributed by atoms with Gasteiger partial charge in [-0.05, 0) is 48.1 Å². The molecule has 0 aromatic carbocycles. The Labute approximate surface area is 112 Å². The minimum absolute atomic E-state index is 0.315. The highest BCUT2D eigenvalue weighted by Crippen LogP contribution is 2.15. The lowest BCUT2D eigenvalue weighted by atomic mass is 9.93. The molecule has 0 aromatic rings. The Morgan fingerprint density at radius 2 is 2.00 bits per heavy atom. The molecule has 0 amide bonds. The largest absolute Gasteiger partial charge is 0.380 e. The molecule has 4 nitrogen and oxygen atoms in total. The zero-order valence-electron chi connectivity index (χ0n) is 12.8. The van der Waals surface area contributed by atoms with Gasteiger partial charge < -0.3 is 9.64 Å². The van der Waals surface area contributed by atoms with Crippen LogP contribution in [0.1, 0.15) is 41.0 Å². The van der Waals surface area contributed by atoms with Gasteiger partial charge >= 0.3 is 0 Å². The fourth-order valence-electron chi connectivity index (χ4n) is 2.09. The van der Waals surface area contributed by atoms with Crippen LogP contribution in [-0.2, 0) is 4.74 Å². The van der Waals surface area contributed by atoms with Gasteiger partial charge in [0.15, 0.2) is 0 Å². The highest BCUT2D eigenvalue weighted by Gasteiger charge is 2.28. The Kier molecular flexibility index (Phi) is 8.17. The van der Waals surface area contributed by atoms with Gasteiger partial charge in [0.25, 0.3) is 0 Å². The Hall–Kier alpha value is -0.630. The summed E-state index contributed by atoms with van der Waals surface area (Å²) >= 11 is 0. The van der Waals surface area contributed by atoms with Crippen LogP contribution in [0.25, 0.3) is 0 Å². The SMILES string of the molecule is CCOCCN(C)C(C)CC(C)(C#N)NC(C)C. The number of rotatable bonds is 9. The molecule has 0 aliphatic heterocycles. The van der Waals surface area contributed by atoms with E-state index in [1.54, 1.807) is 0 Å². The topological polar surface area (TPSA) is 48.3 Å². The van der Waals surface area contributed by atoms with Gasteiger partial charge in [-0.3, -0.25) is 5.32 Å². The van der Waals surface area contributed by atoms with Crippen LogP contribution >= 0.6 is 0 Å². The van der Waals surface area contributed by atoms with Crippen molar-refractivity contribution < 1.29 is 4.74 Å². The molecule has 0 aliphatic rings. The van der Waals surface area contributed by atoms with Crippen LogP contribution in [0.15, 0.2) is 0 Å². The molecule has 4 heteroatoms. The maximum Gasteiger partial charge on any atom is 0.105 e. The average Bonchev–Trinajstić information content (AvgIpc) is 2.28. The first-order valence-corrected chi connectivity index (χ1v) is 6.81. The molecule has 2 atom stereocenters. The standard InChI is InChI=1S/C14H29N3O/c1-7-18-9-8-17(6)13(4)10-14(5,11-15)16-12(2)3/h12-13,16H,7-10H2,1-6H3. The van der Waals surface area contributed by atoms with Crippen molar-refractivity contribution in [3.8, 4) is 6.07 Å². The Morgan fingerprint density at radius 1 is 1.39 bits per heavy atom. The van der Waals surface area contributed by atoms with E-state index >= 15 is 0 Å². The molecule has 0 saturated carbocycles. The lowest BCUT2D eigenvalue weighted by molar-refractivity contribution is 0.103. The Bertz CT molecular complexity index is 262. The van der Waals surface area contributed by atoms with E-state index in [1.807, 2.05) is 13.8 Å². The van der Waals surface area contributed by atoms with Gasteiger partial charge in [-0.2, -0.15) is 5.26 Å². The van der Waals surface area contributed by atoms with E-state index in [-0.39, 0.29) is 0 Å². The molecule has 0 spiro atoms. The fraction of sp³-hybridized carbons (Fsp3) is 0.929. The number of likely N-dealkylation sites (N-methyl/N-ethyl adjacent to an activating group) is 1. The molecule has 0 fully saturated rings. The molecule has 18 heavy (non-hydrogen) atoms. The van der Waals surface area contributed by atoms with Crippen molar-refractivity contribution in [1.29, 1.82) is 5.26 Å². The maximum atomic E-state index is 9.32. The first kappa shape index (κ1) is 17.4. The molecule has 0 rings (SSSR count). The predicted molar refractivity (Wildman–Crippen MR) is 75.5 cm³/mol. The van der Waals surface area contributed by atoms with Crippen LogP contribution in [0, 0.1) is 11.3 Å². The smallest absolute Gasteiger partial charge is 0.105 e. The van der Waals surface area contributed by atoms with Crippen LogP contribution in [0.3, 0.4) is 0 Å². The second-order valence-corrected chi connectivity index (χ2v) is 5.47. The van der Waals surface area contributed by atoms with E-state index in [9.17, 15) is 5.26 Å². The van der Waals surface area contributed by atoms with Crippen molar-refractivity contribution >= 4 is 0 Å². The van der Waals surface area contributed by atoms with Crippen molar-refractivity contribution in [2.45, 2.75) is 58.7 Å². The van der Waals surface area contributed by atoms with Gasteiger partial charge in [0.2, 0.25) is 0 Å². The highest BCUT2D eigenvalue weighted by molar-refractivity contribution is 5.06. The van der Waals surface area contributed by atoms with Gasteiger partial charge in [0.05, 0.1) is 12.7 Å². The lowest BCUT2D eigenvalue weighted by Gasteiger charge is -2.33. The monoisotopic (exact) mass is 255 g/mol. The second kappa shape index (κ2) is 8.47. The summed E-state index contributed by atoms with van der Waals surface area (Å²) in [6.07, 6.45) is 0.810. The number of hydrogen-bond acceptors (Lipinski definition) is 4. The third-order valence-corrected chi connectivity index (χ3v) is 3.10. The van der Waals surface area contributed by atoms with Crippen molar-refractivity contribution in [2.75, 3.05) is 26.8 Å². The van der Waals surface area contributed by atoms with Crippen LogP contribution < -0.4 is 5.32 Å². The fourth-order valence-corrected chi connectivity index (χ4v) is 2.09. The molecule has 1 N–H and O–H groups in total. The van der Waals surface area contributed by atoms with E-state index in [4.69, 9.17) is 4.74 Å². The number of nitrogens with zero attached hydrogens (tertiary/aromatic N) is 2. The molecule has 0 radical (unpaired) electrons. The predicted octanol–water partition coefficient (Wildman–Crippen LogP) is 2.01. The van der Waals surface area contributed by atoms with Crippen molar-refractivity contribution in [1.82, 2.24) is 10.2 Å². The molecule has 0 aromatic heterocycles. The first-order chi connectivity index (χ1) is 8.34. The summed E-state index contributed by atoms with van der Waals surface area (Å²) in [7, 11) is 2.08. The number of nitriles is 1. The molecule has 0 heterocycles. The quantitative estimate of drug-likeness (QED) is 0.640. The van der Waals surface area contributed by atoms with Gasteiger partial charge in [-0.25, -0.2) is 0 Å². The molecule has 0 aliphatic carbocycles. The Morgan fingerprint density at radius 3 is 2.44 bits per heavy atom. The van der Waals surface area contributed by atoms with Gasteiger partial charge in [-0.15, -0.1) is 0 Å². The van der Waals surface area contributed by atoms with E-state index in [2.05, 4.69) is 44.1 Å². The van der Waals surface area contributed by atoms with Crippen molar-refractivity contribution in [3.05, 3.63) is 0 Å². The normalized spacial score (nSPS) is 16.6. The molecular weight excluding hydrogens is 226 g/mol. The van der Waals surface area contributed by atoms with E-state index < -0.39 is 5.54 Å². The molecule has 106 valence electrons. The summed E-state index contributed by atoms with van der Waals surface area (Å²) in [5.41, 5.74) is -0.465. The van der Waals surface area contributed by atoms with Gasteiger partial charge in [-0.1, -0.05) is 0 Å². The van der Waals surface area contributed by atoms with Crippen LogP contribution in [0.5, 0.6) is 0 Å². The first-order valence-electron chi connectivity index (χ1n) is 6.81. The third-order valence-electron chi connectivity index (χ3n) is 3.10. The average molecular weight is 255 g/mol. The van der Waals surface area contributed by atoms with Gasteiger partial charge in [0, 0.05) is 25.2 Å². The summed E-state index contributed by atoms with van der Waals surface area (Å²) in [6, 6.07) is 3.06. The minimum Gasteiger partial charge on any atom is -0.380 e. The number of hydrogen-bond donors (Lipinski definition) is 1. The summed E-state index contributed by atoms with van der Waals surface area (Å²) in [6.45, 7) is 12.7. The zero-order valence-corrected chi connectivity index (χ0v) is 12.8. The summed E-state index contributed by atoms with van der Waals surface area (Å²) in [4.78, 5) is 2.24. The summed E-state index contributed by atoms with van der Waals surface area (Å²) in [5.74, 6) is 0. The maximum absolute atomic E-state index is 9.32. The van der Waals surface area contributed by atoms with Crippen LogP contribution in [-0.4, -0.2) is 49.3 Å². The van der Waals surface area contributed by atoms with E-state index in [0.717, 1.165) is 26.2 Å². The number of ether oxygens (including phenoxy) is 1. The third kappa shape index (κ3) is 6.95. The highest BCUT2D eigenvalue weighted by atomic mass is 16.5. The second-order valence-electron chi connectivity index (χ2n) is 5.47. The van der Waals surface area contributed by atoms with Crippen molar-refractivity contribution in [3.63, 3.8) is 0 Å². The van der Waals surface area contributed by atoms with Crippen LogP contribution in [0.2, 0.25) is 0 Å². The van der Waals surface area contributed by atoms with E-state index in [1.165, 1.54) is 0 Å². The van der Waals surface area contributed by atoms with Crippen LogP contribution in [0.4, 0.5) is 0 Å². The zero-order chi connectivity index (χ0) is 14.2. The van der Waals surface area contributed by atoms with Crippen molar-refractivity contribution in [2.24, 2.45) is 0 Å². The van der Waals surface area contributed by atoms with Gasteiger partial charge in [0.1, 0.15) is 5.54 Å². The lowest BCUT2D eigenvalue weighted by Crippen LogP contribution is -2.49. The van der Waals surface area contributed by atoms with E-state index in [0.29, 0.717) is 12.1 Å². The summed E-state index contributed by atoms with van der Waals surface area (Å²) < 4.78 is 5.35.